The van der Waals surface area contributed by atoms with Gasteiger partial charge in [-0.15, -0.1) is 0 Å². The molecular weight excluding hydrogens is 182 g/mol. The van der Waals surface area contributed by atoms with Crippen molar-refractivity contribution < 1.29 is 4.79 Å². The van der Waals surface area contributed by atoms with Crippen LogP contribution in [-0.2, 0) is 4.79 Å². The monoisotopic (exact) mass is 189 g/mol. The summed E-state index contributed by atoms with van der Waals surface area (Å²) >= 11 is 5.50. The summed E-state index contributed by atoms with van der Waals surface area (Å²) in [7, 11) is 0. The predicted octanol–water partition coefficient (Wildman–Crippen LogP) is -1.58. The lowest BCUT2D eigenvalue weighted by Gasteiger charge is -2.25. The second kappa shape index (κ2) is 3.10. The van der Waals surface area contributed by atoms with Gasteiger partial charge in [0.25, 0.3) is 5.91 Å². The molecule has 6 nitrogen and oxygen atoms in total. The van der Waals surface area contributed by atoms with Crippen LogP contribution < -0.4 is 17.3 Å². The first-order valence-electron chi connectivity index (χ1n) is 3.06. The molecular formula is C5H8ClN5O. The molecule has 1 rings (SSSR count). The number of halogens is 1. The largest absolute Gasteiger partial charge is 0.364 e. The molecule has 0 spiro atoms. The number of hydrazine groups is 1. The van der Waals surface area contributed by atoms with E-state index >= 15 is 0 Å². The van der Waals surface area contributed by atoms with Gasteiger partial charge in [0.2, 0.25) is 0 Å². The second-order valence-electron chi connectivity index (χ2n) is 2.21. The van der Waals surface area contributed by atoms with E-state index in [9.17, 15) is 4.79 Å². The minimum absolute atomic E-state index is 0.0509. The first kappa shape index (κ1) is 8.98. The third-order valence-corrected chi connectivity index (χ3v) is 1.52. The van der Waals surface area contributed by atoms with Gasteiger partial charge in [-0.3, -0.25) is 9.80 Å². The predicted molar refractivity (Wildman–Crippen MR) is 44.6 cm³/mol. The molecule has 66 valence electrons. The SMILES string of the molecule is NC(=O)C1=NC(Cl)=CN(N)C1N. The number of nitrogens with two attached hydrogens (primary N) is 3. The smallest absolute Gasteiger partial charge is 0.266 e. The molecule has 1 atom stereocenters. The molecule has 12 heavy (non-hydrogen) atoms. The number of hydrogen-bond donors (Lipinski definition) is 3. The number of amides is 1. The molecule has 1 aliphatic heterocycles. The van der Waals surface area contributed by atoms with Gasteiger partial charge in [-0.25, -0.2) is 10.8 Å². The number of hydrogen-bond acceptors (Lipinski definition) is 5. The van der Waals surface area contributed by atoms with E-state index in [4.69, 9.17) is 28.9 Å². The fourth-order valence-electron chi connectivity index (χ4n) is 0.755. The molecule has 1 aliphatic rings. The van der Waals surface area contributed by atoms with Gasteiger partial charge in [0, 0.05) is 0 Å². The van der Waals surface area contributed by atoms with Crippen molar-refractivity contribution in [1.82, 2.24) is 5.01 Å². The zero-order chi connectivity index (χ0) is 9.30. The highest BCUT2D eigenvalue weighted by atomic mass is 35.5. The maximum Gasteiger partial charge on any atom is 0.266 e. The van der Waals surface area contributed by atoms with Crippen molar-refractivity contribution in [3.63, 3.8) is 0 Å². The van der Waals surface area contributed by atoms with Crippen LogP contribution in [0, 0.1) is 0 Å². The van der Waals surface area contributed by atoms with Gasteiger partial charge in [0.05, 0.1) is 6.20 Å². The normalized spacial score (nSPS) is 23.2. The minimum atomic E-state index is -0.829. The molecule has 6 N–H and O–H groups in total. The van der Waals surface area contributed by atoms with Gasteiger partial charge in [0.1, 0.15) is 17.0 Å². The fourth-order valence-corrected chi connectivity index (χ4v) is 0.959. The maximum absolute atomic E-state index is 10.7. The van der Waals surface area contributed by atoms with Crippen LogP contribution in [0.4, 0.5) is 0 Å². The Balaban J connectivity index is 2.98. The average molecular weight is 190 g/mol. The van der Waals surface area contributed by atoms with Crippen LogP contribution in [0.15, 0.2) is 16.3 Å². The molecule has 1 heterocycles. The standard InChI is InChI=1S/C5H8ClN5O/c6-2-1-11(9)4(7)3(10-2)5(8)12/h1,4H,7,9H2,(H2,8,12). The lowest BCUT2D eigenvalue weighted by Crippen LogP contribution is -2.54. The van der Waals surface area contributed by atoms with Crippen LogP contribution in [0.25, 0.3) is 0 Å². The van der Waals surface area contributed by atoms with Gasteiger partial charge in [-0.05, 0) is 0 Å². The van der Waals surface area contributed by atoms with Crippen molar-refractivity contribution >= 4 is 23.2 Å². The first-order valence-corrected chi connectivity index (χ1v) is 3.44. The summed E-state index contributed by atoms with van der Waals surface area (Å²) < 4.78 is 0. The van der Waals surface area contributed by atoms with Gasteiger partial charge in [-0.2, -0.15) is 0 Å². The first-order chi connectivity index (χ1) is 5.52. The Kier molecular flexibility index (Phi) is 2.32. The quantitative estimate of drug-likeness (QED) is 0.342. The molecule has 0 aromatic heterocycles. The van der Waals surface area contributed by atoms with E-state index < -0.39 is 12.1 Å². The van der Waals surface area contributed by atoms with Crippen molar-refractivity contribution in [2.24, 2.45) is 22.3 Å². The number of aliphatic imine (C=N–C) groups is 1. The molecule has 0 aliphatic carbocycles. The van der Waals surface area contributed by atoms with Gasteiger partial charge < -0.3 is 11.5 Å². The van der Waals surface area contributed by atoms with E-state index in [-0.39, 0.29) is 10.9 Å². The van der Waals surface area contributed by atoms with Gasteiger partial charge >= 0.3 is 0 Å². The summed E-state index contributed by atoms with van der Waals surface area (Å²) in [5.41, 5.74) is 10.4. The summed E-state index contributed by atoms with van der Waals surface area (Å²) in [6, 6.07) is 0. The number of rotatable bonds is 1. The van der Waals surface area contributed by atoms with Crippen molar-refractivity contribution in [1.29, 1.82) is 0 Å². The van der Waals surface area contributed by atoms with E-state index in [0.29, 0.717) is 0 Å². The Morgan fingerprint density at radius 3 is 2.83 bits per heavy atom. The van der Waals surface area contributed by atoms with E-state index in [1.54, 1.807) is 0 Å². The highest BCUT2D eigenvalue weighted by Gasteiger charge is 2.24. The molecule has 1 amide bonds. The summed E-state index contributed by atoms with van der Waals surface area (Å²) in [6.07, 6.45) is 0.476. The summed E-state index contributed by atoms with van der Waals surface area (Å²) in [5, 5.41) is 1.14. The molecule has 0 fully saturated rings. The summed E-state index contributed by atoms with van der Waals surface area (Å²) in [5.74, 6) is 4.62. The van der Waals surface area contributed by atoms with E-state index in [2.05, 4.69) is 4.99 Å². The molecule has 0 aromatic rings. The Morgan fingerprint density at radius 2 is 2.33 bits per heavy atom. The topological polar surface area (TPSA) is 111 Å². The second-order valence-corrected chi connectivity index (χ2v) is 2.59. The molecule has 0 aromatic carbocycles. The number of carbonyl (C=O) groups is 1. The summed E-state index contributed by atoms with van der Waals surface area (Å²) in [4.78, 5) is 14.3. The maximum atomic E-state index is 10.7. The Hall–Kier alpha value is -1.11. The van der Waals surface area contributed by atoms with Crippen LogP contribution in [0.2, 0.25) is 0 Å². The minimum Gasteiger partial charge on any atom is -0.364 e. The number of nitrogens with zero attached hydrogens (tertiary/aromatic N) is 2. The molecule has 7 heteroatoms. The van der Waals surface area contributed by atoms with Crippen molar-refractivity contribution in [2.45, 2.75) is 6.17 Å². The Morgan fingerprint density at radius 1 is 1.75 bits per heavy atom. The third kappa shape index (κ3) is 1.55. The van der Waals surface area contributed by atoms with Crippen LogP contribution >= 0.6 is 11.6 Å². The van der Waals surface area contributed by atoms with Crippen LogP contribution in [-0.4, -0.2) is 22.8 Å². The van der Waals surface area contributed by atoms with Gasteiger partial charge in [-0.1, -0.05) is 11.6 Å². The van der Waals surface area contributed by atoms with E-state index in [1.807, 2.05) is 0 Å². The van der Waals surface area contributed by atoms with Crippen LogP contribution in [0.3, 0.4) is 0 Å². The van der Waals surface area contributed by atoms with Gasteiger partial charge in [0.15, 0.2) is 0 Å². The number of primary amides is 1. The van der Waals surface area contributed by atoms with Crippen molar-refractivity contribution in [2.75, 3.05) is 0 Å². The zero-order valence-electron chi connectivity index (χ0n) is 6.07. The lowest BCUT2D eigenvalue weighted by atomic mass is 10.2. The molecule has 0 radical (unpaired) electrons. The van der Waals surface area contributed by atoms with E-state index in [0.717, 1.165) is 5.01 Å². The van der Waals surface area contributed by atoms with Crippen LogP contribution in [0.1, 0.15) is 0 Å². The van der Waals surface area contributed by atoms with Crippen molar-refractivity contribution in [3.8, 4) is 0 Å². The molecule has 0 bridgehead atoms. The number of carbonyl (C=O) groups excluding carboxylic acids is 1. The average Bonchev–Trinajstić information content (AvgIpc) is 1.96. The molecule has 1 unspecified atom stereocenters. The summed E-state index contributed by atoms with van der Waals surface area (Å²) in [6.45, 7) is 0. The molecule has 0 saturated heterocycles. The van der Waals surface area contributed by atoms with Crippen LogP contribution in [0.5, 0.6) is 0 Å². The fraction of sp³-hybridized carbons (Fsp3) is 0.200. The highest BCUT2D eigenvalue weighted by Crippen LogP contribution is 2.11. The highest BCUT2D eigenvalue weighted by molar-refractivity contribution is 6.42. The zero-order valence-corrected chi connectivity index (χ0v) is 6.82. The van der Waals surface area contributed by atoms with E-state index in [1.165, 1.54) is 6.20 Å². The Labute approximate surface area is 73.6 Å². The third-order valence-electron chi connectivity index (χ3n) is 1.34. The lowest BCUT2D eigenvalue weighted by molar-refractivity contribution is -0.112. The molecule has 0 saturated carbocycles. The Bertz CT molecular complexity index is 273. The van der Waals surface area contributed by atoms with Crippen molar-refractivity contribution in [3.05, 3.63) is 11.4 Å².